The van der Waals surface area contributed by atoms with E-state index in [2.05, 4.69) is 0 Å². The lowest BCUT2D eigenvalue weighted by Crippen LogP contribution is -2.48. The van der Waals surface area contributed by atoms with Crippen molar-refractivity contribution in [3.05, 3.63) is 33.8 Å². The largest absolute Gasteiger partial charge is 0.343 e. The molecule has 2 heterocycles. The van der Waals surface area contributed by atoms with E-state index >= 15 is 0 Å². The Balaban J connectivity index is 1.50. The Hall–Kier alpha value is -1.24. The van der Waals surface area contributed by atoms with Crippen molar-refractivity contribution in [3.8, 4) is 0 Å². The molecular formula is C17H18Cl2N2O3S. The number of hydrogen-bond donors (Lipinski definition) is 0. The third kappa shape index (κ3) is 4.30. The molecule has 2 fully saturated rings. The fraction of sp³-hybridized carbons (Fsp3) is 0.471. The molecular weight excluding hydrogens is 383 g/mol. The van der Waals surface area contributed by atoms with Gasteiger partial charge in [0.1, 0.15) is 0 Å². The van der Waals surface area contributed by atoms with Crippen LogP contribution in [0.1, 0.15) is 24.8 Å². The smallest absolute Gasteiger partial charge is 0.289 e. The number of rotatable bonds is 4. The third-order valence-electron chi connectivity index (χ3n) is 4.59. The number of piperidine rings is 1. The highest BCUT2D eigenvalue weighted by Crippen LogP contribution is 2.27. The lowest BCUT2D eigenvalue weighted by atomic mass is 10.0. The van der Waals surface area contributed by atoms with Gasteiger partial charge in [0.15, 0.2) is 0 Å². The quantitative estimate of drug-likeness (QED) is 0.774. The molecule has 0 N–H and O–H groups in total. The zero-order valence-corrected chi connectivity index (χ0v) is 15.9. The van der Waals surface area contributed by atoms with Gasteiger partial charge in [0.2, 0.25) is 11.8 Å². The molecule has 0 spiro atoms. The molecule has 2 saturated heterocycles. The Morgan fingerprint density at radius 3 is 2.52 bits per heavy atom. The van der Waals surface area contributed by atoms with Crippen molar-refractivity contribution in [1.82, 2.24) is 9.80 Å². The summed E-state index contributed by atoms with van der Waals surface area (Å²) in [7, 11) is 0. The molecule has 0 saturated carbocycles. The van der Waals surface area contributed by atoms with Gasteiger partial charge in [0, 0.05) is 35.6 Å². The molecule has 0 bridgehead atoms. The van der Waals surface area contributed by atoms with E-state index in [0.717, 1.165) is 17.3 Å². The summed E-state index contributed by atoms with van der Waals surface area (Å²) in [5, 5.41) is 0.987. The van der Waals surface area contributed by atoms with Gasteiger partial charge in [-0.25, -0.2) is 0 Å². The first-order chi connectivity index (χ1) is 12.0. The molecule has 3 rings (SSSR count). The number of amides is 3. The lowest BCUT2D eigenvalue weighted by molar-refractivity contribution is -0.133. The van der Waals surface area contributed by atoms with Crippen LogP contribution < -0.4 is 0 Å². The van der Waals surface area contributed by atoms with Gasteiger partial charge >= 0.3 is 0 Å². The summed E-state index contributed by atoms with van der Waals surface area (Å²) in [5.41, 5.74) is 0.902. The van der Waals surface area contributed by atoms with Crippen LogP contribution in [0.5, 0.6) is 0 Å². The van der Waals surface area contributed by atoms with Crippen LogP contribution in [-0.4, -0.2) is 51.7 Å². The fourth-order valence-corrected chi connectivity index (χ4v) is 4.49. The molecule has 134 valence electrons. The van der Waals surface area contributed by atoms with E-state index in [4.69, 9.17) is 23.2 Å². The highest BCUT2D eigenvalue weighted by Gasteiger charge is 2.37. The van der Waals surface area contributed by atoms with Gasteiger partial charge in [0.25, 0.3) is 5.24 Å². The normalized spacial score (nSPS) is 19.0. The number of halogens is 2. The zero-order valence-electron chi connectivity index (χ0n) is 13.5. The number of nitrogens with zero attached hydrogens (tertiary/aromatic N) is 2. The molecule has 3 amide bonds. The molecule has 2 aliphatic rings. The minimum absolute atomic E-state index is 0.0675. The van der Waals surface area contributed by atoms with E-state index < -0.39 is 0 Å². The molecule has 25 heavy (non-hydrogen) atoms. The van der Waals surface area contributed by atoms with E-state index in [0.29, 0.717) is 48.8 Å². The van der Waals surface area contributed by atoms with E-state index in [9.17, 15) is 14.4 Å². The van der Waals surface area contributed by atoms with Crippen molar-refractivity contribution in [2.75, 3.05) is 18.8 Å². The van der Waals surface area contributed by atoms with Crippen molar-refractivity contribution in [1.29, 1.82) is 0 Å². The molecule has 0 aromatic heterocycles. The number of carbonyl (C=O) groups excluding carboxylic acids is 3. The second-order valence-corrected chi connectivity index (χ2v) is 7.94. The van der Waals surface area contributed by atoms with Crippen LogP contribution in [0.25, 0.3) is 0 Å². The number of imide groups is 1. The van der Waals surface area contributed by atoms with Crippen LogP contribution in [0.15, 0.2) is 18.2 Å². The molecule has 1 aromatic carbocycles. The SMILES string of the molecule is O=C(CCc1ccc(Cl)cc1Cl)N1CCC(N2C(=O)CSC2=O)CC1. The first-order valence-corrected chi connectivity index (χ1v) is 9.90. The van der Waals surface area contributed by atoms with Crippen molar-refractivity contribution < 1.29 is 14.4 Å². The number of likely N-dealkylation sites (tertiary alicyclic amines) is 1. The molecule has 0 atom stereocenters. The van der Waals surface area contributed by atoms with E-state index in [1.165, 1.54) is 4.90 Å². The molecule has 0 aliphatic carbocycles. The van der Waals surface area contributed by atoms with E-state index in [1.807, 2.05) is 6.07 Å². The fourth-order valence-electron chi connectivity index (χ4n) is 3.21. The highest BCUT2D eigenvalue weighted by atomic mass is 35.5. The minimum Gasteiger partial charge on any atom is -0.343 e. The summed E-state index contributed by atoms with van der Waals surface area (Å²) in [6.45, 7) is 1.14. The summed E-state index contributed by atoms with van der Waals surface area (Å²) < 4.78 is 0. The second-order valence-electron chi connectivity index (χ2n) is 6.17. The van der Waals surface area contributed by atoms with Crippen molar-refractivity contribution >= 4 is 52.0 Å². The van der Waals surface area contributed by atoms with Crippen LogP contribution >= 0.6 is 35.0 Å². The maximum atomic E-state index is 12.4. The standard InChI is InChI=1S/C17H18Cl2N2O3S/c18-12-3-1-11(14(19)9-12)2-4-15(22)20-7-5-13(6-8-20)21-16(23)10-25-17(21)24/h1,3,9,13H,2,4-8,10H2. The van der Waals surface area contributed by atoms with Crippen LogP contribution in [0.2, 0.25) is 10.0 Å². The van der Waals surface area contributed by atoms with Gasteiger partial charge in [0.05, 0.1) is 5.75 Å². The zero-order chi connectivity index (χ0) is 18.0. The van der Waals surface area contributed by atoms with Gasteiger partial charge in [-0.2, -0.15) is 0 Å². The maximum Gasteiger partial charge on any atom is 0.289 e. The Morgan fingerprint density at radius 1 is 1.20 bits per heavy atom. The first-order valence-electron chi connectivity index (χ1n) is 8.16. The topological polar surface area (TPSA) is 57.7 Å². The Morgan fingerprint density at radius 2 is 1.92 bits per heavy atom. The lowest BCUT2D eigenvalue weighted by Gasteiger charge is -2.35. The predicted octanol–water partition coefficient (Wildman–Crippen LogP) is 3.61. The summed E-state index contributed by atoms with van der Waals surface area (Å²) in [5.74, 6) is 0.190. The average molecular weight is 401 g/mol. The van der Waals surface area contributed by atoms with Crippen LogP contribution in [0.3, 0.4) is 0 Å². The van der Waals surface area contributed by atoms with Gasteiger partial charge in [-0.15, -0.1) is 0 Å². The Labute approximate surface area is 160 Å². The second kappa shape index (κ2) is 7.98. The number of thioether (sulfide) groups is 1. The third-order valence-corrected chi connectivity index (χ3v) is 6.01. The Kier molecular flexibility index (Phi) is 5.92. The minimum atomic E-state index is -0.160. The molecule has 8 heteroatoms. The summed E-state index contributed by atoms with van der Waals surface area (Å²) in [4.78, 5) is 39.2. The number of carbonyl (C=O) groups is 3. The summed E-state index contributed by atoms with van der Waals surface area (Å²) in [6, 6.07) is 5.20. The summed E-state index contributed by atoms with van der Waals surface area (Å²) in [6.07, 6.45) is 2.23. The van der Waals surface area contributed by atoms with Crippen LogP contribution in [0, 0.1) is 0 Å². The molecule has 1 aromatic rings. The number of aryl methyl sites for hydroxylation is 1. The van der Waals surface area contributed by atoms with Crippen LogP contribution in [0.4, 0.5) is 4.79 Å². The Bertz CT molecular complexity index is 689. The monoisotopic (exact) mass is 400 g/mol. The molecule has 0 radical (unpaired) electrons. The molecule has 5 nitrogen and oxygen atoms in total. The molecule has 0 unspecified atom stereocenters. The van der Waals surface area contributed by atoms with Gasteiger partial charge in [-0.1, -0.05) is 41.0 Å². The highest BCUT2D eigenvalue weighted by molar-refractivity contribution is 8.14. The van der Waals surface area contributed by atoms with Crippen molar-refractivity contribution in [2.45, 2.75) is 31.7 Å². The average Bonchev–Trinajstić information content (AvgIpc) is 2.92. The van der Waals surface area contributed by atoms with Crippen molar-refractivity contribution in [3.63, 3.8) is 0 Å². The van der Waals surface area contributed by atoms with Crippen LogP contribution in [-0.2, 0) is 16.0 Å². The molecule has 2 aliphatic heterocycles. The van der Waals surface area contributed by atoms with Gasteiger partial charge < -0.3 is 4.90 Å². The summed E-state index contributed by atoms with van der Waals surface area (Å²) >= 11 is 13.1. The number of hydrogen-bond acceptors (Lipinski definition) is 4. The van der Waals surface area contributed by atoms with Gasteiger partial charge in [-0.05, 0) is 37.0 Å². The predicted molar refractivity (Wildman–Crippen MR) is 99.1 cm³/mol. The van der Waals surface area contributed by atoms with Crippen molar-refractivity contribution in [2.24, 2.45) is 0 Å². The van der Waals surface area contributed by atoms with Gasteiger partial charge in [-0.3, -0.25) is 19.3 Å². The first kappa shape index (κ1) is 18.5. The van der Waals surface area contributed by atoms with E-state index in [1.54, 1.807) is 17.0 Å². The number of benzene rings is 1. The maximum absolute atomic E-state index is 12.4. The van der Waals surface area contributed by atoms with E-state index in [-0.39, 0.29) is 28.8 Å².